The Morgan fingerprint density at radius 1 is 1.21 bits per heavy atom. The minimum Gasteiger partial charge on any atom is -0.339 e. The average Bonchev–Trinajstić information content (AvgIpc) is 3.54. The minimum absolute atomic E-state index is 0.0752. The molecular formula is C23H29ClN4O4S. The fourth-order valence-electron chi connectivity index (χ4n) is 4.27. The monoisotopic (exact) mass is 492 g/mol. The number of halogens is 1. The second kappa shape index (κ2) is 9.58. The van der Waals surface area contributed by atoms with E-state index in [0.717, 1.165) is 23.6 Å². The van der Waals surface area contributed by atoms with E-state index in [1.54, 1.807) is 42.2 Å². The van der Waals surface area contributed by atoms with E-state index in [2.05, 4.69) is 4.72 Å². The number of nitrogens with zero attached hydrogens (tertiary/aromatic N) is 2. The van der Waals surface area contributed by atoms with Crippen molar-refractivity contribution in [3.63, 3.8) is 0 Å². The molecular weight excluding hydrogens is 464 g/mol. The molecule has 1 heterocycles. The molecule has 33 heavy (non-hydrogen) atoms. The first-order valence-corrected chi connectivity index (χ1v) is 13.1. The van der Waals surface area contributed by atoms with Gasteiger partial charge in [0.1, 0.15) is 12.1 Å². The topological polar surface area (TPSA) is 113 Å². The van der Waals surface area contributed by atoms with Gasteiger partial charge in [-0.3, -0.25) is 9.59 Å². The van der Waals surface area contributed by atoms with Crippen molar-refractivity contribution in [2.24, 2.45) is 11.7 Å². The van der Waals surface area contributed by atoms with E-state index >= 15 is 0 Å². The molecule has 1 aliphatic heterocycles. The maximum atomic E-state index is 13.0. The first-order chi connectivity index (χ1) is 15.7. The maximum Gasteiger partial charge on any atom is 0.245 e. The summed E-state index contributed by atoms with van der Waals surface area (Å²) in [6.07, 6.45) is 2.52. The number of nitrogens with two attached hydrogens (primary N) is 1. The van der Waals surface area contributed by atoms with Gasteiger partial charge in [0.05, 0.1) is 4.90 Å². The van der Waals surface area contributed by atoms with Crippen molar-refractivity contribution >= 4 is 44.2 Å². The number of sulfonamides is 1. The number of likely N-dealkylation sites (tertiary alicyclic amines) is 1. The van der Waals surface area contributed by atoms with Crippen LogP contribution in [-0.4, -0.2) is 68.3 Å². The molecule has 1 saturated carbocycles. The molecule has 2 atom stereocenters. The van der Waals surface area contributed by atoms with Crippen LogP contribution >= 0.6 is 11.6 Å². The number of amides is 2. The van der Waals surface area contributed by atoms with Gasteiger partial charge in [0, 0.05) is 31.2 Å². The lowest BCUT2D eigenvalue weighted by atomic mass is 10.1. The zero-order valence-electron chi connectivity index (χ0n) is 18.5. The van der Waals surface area contributed by atoms with E-state index in [9.17, 15) is 18.0 Å². The van der Waals surface area contributed by atoms with Gasteiger partial charge in [-0.05, 0) is 67.1 Å². The molecule has 1 unspecified atom stereocenters. The van der Waals surface area contributed by atoms with Gasteiger partial charge in [-0.15, -0.1) is 0 Å². The highest BCUT2D eigenvalue weighted by Gasteiger charge is 2.40. The summed E-state index contributed by atoms with van der Waals surface area (Å²) in [5.74, 6) is -0.0111. The first-order valence-electron chi connectivity index (χ1n) is 11.2. The standard InChI is InChI=1S/C23H29ClN4O4S/c1-15(22(29)27(11-9-25)14-16-2-3-16)28-10-8-21(23(28)30)26-33(31,32)20-7-5-17-12-19(24)6-4-18(17)13-20/h4-7,12-13,15-16,21,26H,2-3,8-11,14,25H2,1H3/t15-,21?/m0/s1. The Labute approximate surface area is 199 Å². The highest BCUT2D eigenvalue weighted by molar-refractivity contribution is 7.89. The number of hydrogen-bond donors (Lipinski definition) is 2. The van der Waals surface area contributed by atoms with Gasteiger partial charge in [-0.1, -0.05) is 23.7 Å². The summed E-state index contributed by atoms with van der Waals surface area (Å²) in [5.41, 5.74) is 5.68. The van der Waals surface area contributed by atoms with Crippen LogP contribution < -0.4 is 10.5 Å². The third-order valence-electron chi connectivity index (χ3n) is 6.33. The molecule has 0 bridgehead atoms. The second-order valence-electron chi connectivity index (χ2n) is 8.84. The second-order valence-corrected chi connectivity index (χ2v) is 11.0. The number of rotatable bonds is 9. The Hall–Kier alpha value is -2.20. The summed E-state index contributed by atoms with van der Waals surface area (Å²) in [7, 11) is -3.92. The van der Waals surface area contributed by atoms with Crippen molar-refractivity contribution < 1.29 is 18.0 Å². The Kier molecular flexibility index (Phi) is 6.95. The number of carbonyl (C=O) groups excluding carboxylic acids is 2. The molecule has 178 valence electrons. The van der Waals surface area contributed by atoms with E-state index in [4.69, 9.17) is 17.3 Å². The van der Waals surface area contributed by atoms with Crippen molar-refractivity contribution in [2.45, 2.75) is 43.2 Å². The molecule has 8 nitrogen and oxygen atoms in total. The Morgan fingerprint density at radius 2 is 1.91 bits per heavy atom. The summed E-state index contributed by atoms with van der Waals surface area (Å²) in [6.45, 7) is 3.48. The Bertz CT molecular complexity index is 1170. The van der Waals surface area contributed by atoms with Crippen LogP contribution in [0.1, 0.15) is 26.2 Å². The maximum absolute atomic E-state index is 13.0. The highest BCUT2D eigenvalue weighted by atomic mass is 35.5. The van der Waals surface area contributed by atoms with Crippen LogP contribution in [0.4, 0.5) is 0 Å². The van der Waals surface area contributed by atoms with Crippen molar-refractivity contribution in [3.8, 4) is 0 Å². The zero-order chi connectivity index (χ0) is 23.8. The molecule has 1 saturated heterocycles. The fourth-order valence-corrected chi connectivity index (χ4v) is 5.71. The normalized spacial score (nSPS) is 19.8. The van der Waals surface area contributed by atoms with Crippen molar-refractivity contribution in [2.75, 3.05) is 26.2 Å². The predicted octanol–water partition coefficient (Wildman–Crippen LogP) is 1.96. The largest absolute Gasteiger partial charge is 0.339 e. The van der Waals surface area contributed by atoms with Crippen LogP contribution in [0, 0.1) is 5.92 Å². The lowest BCUT2D eigenvalue weighted by molar-refractivity contribution is -0.143. The van der Waals surface area contributed by atoms with Crippen LogP contribution in [0.2, 0.25) is 5.02 Å². The van der Waals surface area contributed by atoms with Gasteiger partial charge >= 0.3 is 0 Å². The Morgan fingerprint density at radius 3 is 2.61 bits per heavy atom. The Balaban J connectivity index is 1.44. The summed E-state index contributed by atoms with van der Waals surface area (Å²) in [5, 5.41) is 2.13. The summed E-state index contributed by atoms with van der Waals surface area (Å²) >= 11 is 6.00. The average molecular weight is 493 g/mol. The van der Waals surface area contributed by atoms with Crippen molar-refractivity contribution in [3.05, 3.63) is 41.4 Å². The van der Waals surface area contributed by atoms with Gasteiger partial charge in [0.25, 0.3) is 0 Å². The molecule has 0 spiro atoms. The van der Waals surface area contributed by atoms with Crippen LogP contribution in [0.25, 0.3) is 10.8 Å². The van der Waals surface area contributed by atoms with Gasteiger partial charge in [-0.25, -0.2) is 8.42 Å². The first kappa shape index (κ1) is 23.9. The van der Waals surface area contributed by atoms with E-state index in [-0.39, 0.29) is 16.7 Å². The van der Waals surface area contributed by atoms with Gasteiger partial charge < -0.3 is 15.5 Å². The van der Waals surface area contributed by atoms with Crippen LogP contribution in [0.3, 0.4) is 0 Å². The van der Waals surface area contributed by atoms with E-state index in [0.29, 0.717) is 43.5 Å². The number of fused-ring (bicyclic) bond motifs is 1. The number of carbonyl (C=O) groups is 2. The SMILES string of the molecule is C[C@@H](C(=O)N(CCN)CC1CC1)N1CCC(NS(=O)(=O)c2ccc3cc(Cl)ccc3c2)C1=O. The van der Waals surface area contributed by atoms with Gasteiger partial charge in [0.2, 0.25) is 21.8 Å². The highest BCUT2D eigenvalue weighted by Crippen LogP contribution is 2.30. The molecule has 1 aliphatic carbocycles. The molecule has 2 fully saturated rings. The molecule has 2 aromatic rings. The quantitative estimate of drug-likeness (QED) is 0.555. The van der Waals surface area contributed by atoms with Crippen LogP contribution in [-0.2, 0) is 19.6 Å². The van der Waals surface area contributed by atoms with Crippen LogP contribution in [0.15, 0.2) is 41.3 Å². The molecule has 2 aliphatic rings. The molecule has 10 heteroatoms. The third-order valence-corrected chi connectivity index (χ3v) is 8.04. The van der Waals surface area contributed by atoms with E-state index in [1.807, 2.05) is 0 Å². The minimum atomic E-state index is -3.92. The van der Waals surface area contributed by atoms with Crippen molar-refractivity contribution in [1.29, 1.82) is 0 Å². The summed E-state index contributed by atoms with van der Waals surface area (Å²) in [4.78, 5) is 29.3. The van der Waals surface area contributed by atoms with Crippen LogP contribution in [0.5, 0.6) is 0 Å². The molecule has 0 aromatic heterocycles. The number of benzene rings is 2. The summed E-state index contributed by atoms with van der Waals surface area (Å²) in [6, 6.07) is 8.37. The lowest BCUT2D eigenvalue weighted by Crippen LogP contribution is -2.51. The molecule has 4 rings (SSSR count). The van der Waals surface area contributed by atoms with Crippen molar-refractivity contribution in [1.82, 2.24) is 14.5 Å². The molecule has 3 N–H and O–H groups in total. The fraction of sp³-hybridized carbons (Fsp3) is 0.478. The third kappa shape index (κ3) is 5.32. The lowest BCUT2D eigenvalue weighted by Gasteiger charge is -2.30. The number of nitrogens with one attached hydrogen (secondary N) is 1. The molecule has 2 aromatic carbocycles. The molecule has 0 radical (unpaired) electrons. The van der Waals surface area contributed by atoms with Gasteiger partial charge in [0.15, 0.2) is 0 Å². The number of hydrogen-bond acceptors (Lipinski definition) is 5. The smallest absolute Gasteiger partial charge is 0.245 e. The van der Waals surface area contributed by atoms with Gasteiger partial charge in [-0.2, -0.15) is 4.72 Å². The molecule has 2 amide bonds. The van der Waals surface area contributed by atoms with E-state index in [1.165, 1.54) is 11.0 Å². The zero-order valence-corrected chi connectivity index (χ0v) is 20.1. The summed E-state index contributed by atoms with van der Waals surface area (Å²) < 4.78 is 28.5. The van der Waals surface area contributed by atoms with E-state index < -0.39 is 22.1 Å². The predicted molar refractivity (Wildman–Crippen MR) is 127 cm³/mol.